The first-order valence-corrected chi connectivity index (χ1v) is 23.5. The van der Waals surface area contributed by atoms with Gasteiger partial charge in [-0.05, 0) is 118 Å². The van der Waals surface area contributed by atoms with Gasteiger partial charge in [-0.25, -0.2) is 16.8 Å². The molecule has 11 nitrogen and oxygen atoms in total. The molecule has 0 saturated heterocycles. The maximum atomic E-state index is 11.7. The van der Waals surface area contributed by atoms with E-state index in [2.05, 4.69) is 97.0 Å². The lowest BCUT2D eigenvalue weighted by Crippen LogP contribution is -2.28. The number of ether oxygens (including phenoxy) is 1. The molecule has 0 unspecified atom stereocenters. The highest BCUT2D eigenvalue weighted by atomic mass is 32.2. The third kappa shape index (κ3) is 10.2. The van der Waals surface area contributed by atoms with Gasteiger partial charge in [0, 0.05) is 59.6 Å². The fourth-order valence-electron chi connectivity index (χ4n) is 8.62. The fraction of sp³-hybridized carbons (Fsp3) is 0.391. The maximum absolute atomic E-state index is 11.7. The van der Waals surface area contributed by atoms with Gasteiger partial charge >= 0.3 is 0 Å². The first-order valence-electron chi connectivity index (χ1n) is 20.5. The molecule has 60 heavy (non-hydrogen) atoms. The van der Waals surface area contributed by atoms with Crippen LogP contribution in [0.2, 0.25) is 0 Å². The standard InChI is InChI=1S/C46H54BN3O8S2/c1-45(2)37-17-7-9-19-39(37)49(30-11-5-6-21-43(51)48-47)41(45)28-22-33-15-14-16-34(44(33)58-35-24-26-36(27-25-35)60(55,56)57)23-29-42-46(3,4)38-18-8-10-20-40(38)50(42)31-12-13-32-59(52,53)54/h7-10,17-20,22-29H,5-6,11-16,21,30-32H2,1-4H3,(H2-,48,51,52,53,54,55,56,57)/p-1. The zero-order valence-corrected chi connectivity index (χ0v) is 36.4. The van der Waals surface area contributed by atoms with E-state index in [1.54, 1.807) is 0 Å². The van der Waals surface area contributed by atoms with Gasteiger partial charge in [-0.1, -0.05) is 56.3 Å². The molecule has 0 fully saturated rings. The molecule has 0 aromatic heterocycles. The second-order valence-electron chi connectivity index (χ2n) is 16.6. The molecule has 6 rings (SSSR count). The van der Waals surface area contributed by atoms with E-state index in [0.29, 0.717) is 37.3 Å². The molecule has 2 radical (unpaired) electrons. The molecule has 1 aliphatic carbocycles. The normalized spacial score (nSPS) is 18.7. The Balaban J connectivity index is 1.40. The molecule has 0 bridgehead atoms. The van der Waals surface area contributed by atoms with Crippen molar-refractivity contribution in [2.24, 2.45) is 0 Å². The van der Waals surface area contributed by atoms with Crippen LogP contribution in [0.4, 0.5) is 11.4 Å². The highest BCUT2D eigenvalue weighted by Gasteiger charge is 2.44. The molecular formula is C46H53BN3O8S2-. The number of nitrogens with zero attached hydrogens (tertiary/aromatic N) is 2. The first kappa shape index (κ1) is 44.8. The number of benzene rings is 3. The van der Waals surface area contributed by atoms with E-state index < -0.39 is 26.0 Å². The van der Waals surface area contributed by atoms with Gasteiger partial charge in [0.15, 0.2) is 5.71 Å². The summed E-state index contributed by atoms with van der Waals surface area (Å²) >= 11 is 0. The Morgan fingerprint density at radius 1 is 0.833 bits per heavy atom. The highest BCUT2D eigenvalue weighted by Crippen LogP contribution is 2.48. The van der Waals surface area contributed by atoms with Gasteiger partial charge in [-0.15, -0.1) is 0 Å². The molecule has 2 heterocycles. The minimum atomic E-state index is -4.65. The summed E-state index contributed by atoms with van der Waals surface area (Å²) < 4.78 is 78.4. The van der Waals surface area contributed by atoms with Crippen LogP contribution in [0.15, 0.2) is 125 Å². The molecule has 316 valence electrons. The number of hydrogen-bond donors (Lipinski definition) is 1. The number of hydrogen-bond acceptors (Lipinski definition) is 9. The number of para-hydroxylation sites is 2. The predicted molar refractivity (Wildman–Crippen MR) is 233 cm³/mol. The molecule has 0 saturated carbocycles. The third-order valence-corrected chi connectivity index (χ3v) is 13.4. The largest absolute Gasteiger partial charge is 0.748 e. The number of anilines is 1. The number of amides is 1. The van der Waals surface area contributed by atoms with Crippen LogP contribution in [-0.2, 0) is 35.9 Å². The number of carbonyl (C=O) groups is 1. The van der Waals surface area contributed by atoms with Crippen molar-refractivity contribution in [2.75, 3.05) is 23.7 Å². The fourth-order valence-corrected chi connectivity index (χ4v) is 9.65. The van der Waals surface area contributed by atoms with Crippen molar-refractivity contribution in [1.29, 1.82) is 0 Å². The van der Waals surface area contributed by atoms with Gasteiger partial charge in [-0.3, -0.25) is 4.79 Å². The second-order valence-corrected chi connectivity index (χ2v) is 19.5. The second kappa shape index (κ2) is 18.5. The topological polar surface area (TPSA) is 159 Å². The molecule has 3 aromatic rings. The lowest BCUT2D eigenvalue weighted by molar-refractivity contribution is -0.438. The average Bonchev–Trinajstić information content (AvgIpc) is 3.55. The summed E-state index contributed by atoms with van der Waals surface area (Å²) in [6.07, 6.45) is 14.4. The van der Waals surface area contributed by atoms with Gasteiger partial charge < -0.3 is 24.0 Å². The highest BCUT2D eigenvalue weighted by molar-refractivity contribution is 7.86. The number of carbonyl (C=O) groups excluding carboxylic acids is 1. The van der Waals surface area contributed by atoms with E-state index in [1.165, 1.54) is 29.8 Å². The minimum absolute atomic E-state index is 0.172. The van der Waals surface area contributed by atoms with Crippen LogP contribution >= 0.6 is 0 Å². The van der Waals surface area contributed by atoms with Crippen molar-refractivity contribution in [2.45, 2.75) is 101 Å². The Bertz CT molecular complexity index is 2480. The number of unbranched alkanes of at least 4 members (excludes halogenated alkanes) is 3. The van der Waals surface area contributed by atoms with Crippen molar-refractivity contribution < 1.29 is 40.0 Å². The van der Waals surface area contributed by atoms with Crippen LogP contribution in [0.1, 0.15) is 96.6 Å². The van der Waals surface area contributed by atoms with Gasteiger partial charge in [0.1, 0.15) is 28.2 Å². The summed E-state index contributed by atoms with van der Waals surface area (Å²) in [4.78, 5) is 13.6. The molecule has 3 aliphatic rings. The maximum Gasteiger partial charge on any atom is 0.226 e. The van der Waals surface area contributed by atoms with E-state index in [9.17, 15) is 30.7 Å². The molecule has 0 spiro atoms. The van der Waals surface area contributed by atoms with E-state index in [4.69, 9.17) is 12.7 Å². The van der Waals surface area contributed by atoms with E-state index in [0.717, 1.165) is 78.1 Å². The Labute approximate surface area is 356 Å². The summed E-state index contributed by atoms with van der Waals surface area (Å²) in [5, 5.41) is 2.20. The monoisotopic (exact) mass is 850 g/mol. The Morgan fingerprint density at radius 2 is 1.53 bits per heavy atom. The predicted octanol–water partition coefficient (Wildman–Crippen LogP) is 7.73. The van der Waals surface area contributed by atoms with Crippen molar-refractivity contribution >= 4 is 51.2 Å². The van der Waals surface area contributed by atoms with Crippen molar-refractivity contribution in [1.82, 2.24) is 5.23 Å². The summed E-state index contributed by atoms with van der Waals surface area (Å²) in [7, 11) is -3.68. The van der Waals surface area contributed by atoms with E-state index in [1.807, 2.05) is 18.2 Å². The quantitative estimate of drug-likeness (QED) is 0.0621. The van der Waals surface area contributed by atoms with Crippen molar-refractivity contribution in [3.63, 3.8) is 0 Å². The lowest BCUT2D eigenvalue weighted by Gasteiger charge is -2.28. The molecular weight excluding hydrogens is 797 g/mol. The van der Waals surface area contributed by atoms with Crippen LogP contribution in [0, 0.1) is 0 Å². The summed E-state index contributed by atoms with van der Waals surface area (Å²) in [6.45, 7) is 10.1. The average molecular weight is 851 g/mol. The van der Waals surface area contributed by atoms with Gasteiger partial charge in [-0.2, -0.15) is 4.58 Å². The number of fused-ring (bicyclic) bond motifs is 2. The number of allylic oxidation sites excluding steroid dienone is 7. The van der Waals surface area contributed by atoms with E-state index >= 15 is 0 Å². The Hall–Kier alpha value is -4.76. The minimum Gasteiger partial charge on any atom is -0.748 e. The molecule has 1 N–H and O–H groups in total. The molecule has 1 amide bonds. The Kier molecular flexibility index (Phi) is 13.8. The van der Waals surface area contributed by atoms with E-state index in [-0.39, 0.29) is 28.1 Å². The van der Waals surface area contributed by atoms with Crippen molar-refractivity contribution in [3.8, 4) is 5.75 Å². The summed E-state index contributed by atoms with van der Waals surface area (Å²) in [5.74, 6) is 0.451. The summed E-state index contributed by atoms with van der Waals surface area (Å²) in [6, 6.07) is 22.1. The van der Waals surface area contributed by atoms with Crippen LogP contribution < -0.4 is 14.9 Å². The van der Waals surface area contributed by atoms with Gasteiger partial charge in [0.05, 0.1) is 20.4 Å². The van der Waals surface area contributed by atoms with Gasteiger partial charge in [0.2, 0.25) is 19.6 Å². The zero-order chi connectivity index (χ0) is 43.3. The van der Waals surface area contributed by atoms with Crippen LogP contribution in [0.3, 0.4) is 0 Å². The smallest absolute Gasteiger partial charge is 0.226 e. The van der Waals surface area contributed by atoms with Crippen LogP contribution in [-0.4, -0.2) is 69.0 Å². The Morgan fingerprint density at radius 3 is 2.23 bits per heavy atom. The SMILES string of the molecule is [B]NC(=O)CCCCC[N+]1=C(/C=C/C2=C(Oc3ccc(S(=O)(=O)[O-])cc3)C(=C/C=C3/N(CCCCS(=O)(=O)[O-])c4ccccc4C3(C)C)/CCC2)C(C)(C)c2ccccc21. The summed E-state index contributed by atoms with van der Waals surface area (Å²) in [5.41, 5.74) is 7.90. The number of nitrogens with one attached hydrogen (secondary N) is 1. The molecule has 14 heteroatoms. The lowest BCUT2D eigenvalue weighted by atomic mass is 9.81. The molecule has 2 aliphatic heterocycles. The van der Waals surface area contributed by atoms with Crippen LogP contribution in [0.25, 0.3) is 0 Å². The van der Waals surface area contributed by atoms with Crippen LogP contribution in [0.5, 0.6) is 5.75 Å². The third-order valence-electron chi connectivity index (χ3n) is 11.8. The zero-order valence-electron chi connectivity index (χ0n) is 34.8. The van der Waals surface area contributed by atoms with Crippen molar-refractivity contribution in [3.05, 3.63) is 131 Å². The number of rotatable bonds is 17. The molecule has 3 aromatic carbocycles. The first-order chi connectivity index (χ1) is 28.4. The van der Waals surface area contributed by atoms with Gasteiger partial charge in [0.25, 0.3) is 0 Å². The molecule has 0 atom stereocenters.